The molecule has 17 heavy (non-hydrogen) atoms. The molecule has 0 amide bonds. The topological polar surface area (TPSA) is 21.3 Å². The van der Waals surface area contributed by atoms with Crippen LogP contribution in [0, 0.1) is 11.8 Å². The van der Waals surface area contributed by atoms with E-state index in [9.17, 15) is 0 Å². The molecule has 0 heterocycles. The summed E-state index contributed by atoms with van der Waals surface area (Å²) in [6.07, 6.45) is 4.29. The molecule has 2 aliphatic rings. The Morgan fingerprint density at radius 3 is 2.71 bits per heavy atom. The molecular weight excluding hydrogens is 210 g/mol. The minimum absolute atomic E-state index is 0.717. The van der Waals surface area contributed by atoms with Crippen molar-refractivity contribution in [2.24, 2.45) is 11.8 Å². The summed E-state index contributed by atoms with van der Waals surface area (Å²) in [5, 5.41) is 3.73. The van der Waals surface area contributed by atoms with Crippen LogP contribution in [-0.2, 0) is 17.9 Å². The molecule has 1 unspecified atom stereocenters. The van der Waals surface area contributed by atoms with E-state index in [0.717, 1.165) is 24.4 Å². The molecule has 0 bridgehead atoms. The van der Waals surface area contributed by atoms with Crippen molar-refractivity contribution in [2.75, 3.05) is 7.11 Å². The molecule has 0 radical (unpaired) electrons. The van der Waals surface area contributed by atoms with E-state index < -0.39 is 0 Å². The molecule has 0 saturated heterocycles. The van der Waals surface area contributed by atoms with Gasteiger partial charge in [-0.25, -0.2) is 0 Å². The quantitative estimate of drug-likeness (QED) is 0.841. The molecule has 3 atom stereocenters. The fourth-order valence-corrected chi connectivity index (χ4v) is 3.22. The predicted molar refractivity (Wildman–Crippen MR) is 68.6 cm³/mol. The SMILES string of the molecule is COCc1ccccc1CNC1CC[C@H]2C[C@@H]12. The van der Waals surface area contributed by atoms with Crippen molar-refractivity contribution >= 4 is 0 Å². The Bertz CT molecular complexity index is 390. The van der Waals surface area contributed by atoms with Gasteiger partial charge < -0.3 is 10.1 Å². The van der Waals surface area contributed by atoms with E-state index in [2.05, 4.69) is 29.6 Å². The minimum Gasteiger partial charge on any atom is -0.380 e. The van der Waals surface area contributed by atoms with E-state index in [1.54, 1.807) is 7.11 Å². The van der Waals surface area contributed by atoms with Crippen LogP contribution in [0.4, 0.5) is 0 Å². The number of rotatable bonds is 5. The summed E-state index contributed by atoms with van der Waals surface area (Å²) in [4.78, 5) is 0. The molecule has 2 saturated carbocycles. The summed E-state index contributed by atoms with van der Waals surface area (Å²) >= 11 is 0. The van der Waals surface area contributed by atoms with E-state index in [1.165, 1.54) is 30.4 Å². The van der Waals surface area contributed by atoms with Crippen LogP contribution in [0.25, 0.3) is 0 Å². The van der Waals surface area contributed by atoms with Gasteiger partial charge in [0, 0.05) is 19.7 Å². The lowest BCUT2D eigenvalue weighted by molar-refractivity contribution is 0.184. The fraction of sp³-hybridized carbons (Fsp3) is 0.600. The summed E-state index contributed by atoms with van der Waals surface area (Å²) in [6.45, 7) is 1.71. The van der Waals surface area contributed by atoms with Crippen LogP contribution in [-0.4, -0.2) is 13.2 Å². The van der Waals surface area contributed by atoms with Crippen LogP contribution < -0.4 is 5.32 Å². The van der Waals surface area contributed by atoms with Crippen molar-refractivity contribution in [1.82, 2.24) is 5.32 Å². The number of hydrogen-bond acceptors (Lipinski definition) is 2. The lowest BCUT2D eigenvalue weighted by atomic mass is 10.1. The third-order valence-corrected chi connectivity index (χ3v) is 4.32. The van der Waals surface area contributed by atoms with Gasteiger partial charge in [0.05, 0.1) is 6.61 Å². The lowest BCUT2D eigenvalue weighted by Crippen LogP contribution is -2.28. The first-order chi connectivity index (χ1) is 8.38. The number of hydrogen-bond donors (Lipinski definition) is 1. The van der Waals surface area contributed by atoms with Gasteiger partial charge in [0.25, 0.3) is 0 Å². The summed E-state index contributed by atoms with van der Waals surface area (Å²) in [7, 11) is 1.76. The molecule has 0 aromatic heterocycles. The van der Waals surface area contributed by atoms with Gasteiger partial charge in [-0.3, -0.25) is 0 Å². The second-order valence-electron chi connectivity index (χ2n) is 5.43. The Kier molecular flexibility index (Phi) is 3.17. The summed E-state index contributed by atoms with van der Waals surface area (Å²) < 4.78 is 5.24. The molecule has 1 N–H and O–H groups in total. The number of ether oxygens (including phenoxy) is 1. The first kappa shape index (κ1) is 11.2. The van der Waals surface area contributed by atoms with Crippen molar-refractivity contribution in [3.05, 3.63) is 35.4 Å². The Labute approximate surface area is 103 Å². The van der Waals surface area contributed by atoms with Crippen molar-refractivity contribution in [3.63, 3.8) is 0 Å². The lowest BCUT2D eigenvalue weighted by Gasteiger charge is -2.16. The zero-order valence-corrected chi connectivity index (χ0v) is 10.5. The largest absolute Gasteiger partial charge is 0.380 e. The van der Waals surface area contributed by atoms with E-state index >= 15 is 0 Å². The van der Waals surface area contributed by atoms with E-state index in [-0.39, 0.29) is 0 Å². The van der Waals surface area contributed by atoms with Gasteiger partial charge in [-0.2, -0.15) is 0 Å². The first-order valence-electron chi connectivity index (χ1n) is 6.67. The predicted octanol–water partition coefficient (Wildman–Crippen LogP) is 2.72. The van der Waals surface area contributed by atoms with E-state index in [4.69, 9.17) is 4.74 Å². The number of methoxy groups -OCH3 is 1. The van der Waals surface area contributed by atoms with Gasteiger partial charge in [0.2, 0.25) is 0 Å². The van der Waals surface area contributed by atoms with Crippen LogP contribution in [0.1, 0.15) is 30.4 Å². The van der Waals surface area contributed by atoms with Crippen molar-refractivity contribution < 1.29 is 4.74 Å². The first-order valence-corrected chi connectivity index (χ1v) is 6.67. The summed E-state index contributed by atoms with van der Waals surface area (Å²) in [5.41, 5.74) is 2.70. The average molecular weight is 231 g/mol. The molecule has 1 aromatic carbocycles. The van der Waals surface area contributed by atoms with Gasteiger partial charge in [0.1, 0.15) is 0 Å². The van der Waals surface area contributed by atoms with E-state index in [1.807, 2.05) is 0 Å². The van der Waals surface area contributed by atoms with Gasteiger partial charge in [-0.05, 0) is 42.2 Å². The van der Waals surface area contributed by atoms with Crippen LogP contribution in [0.2, 0.25) is 0 Å². The molecule has 2 aliphatic carbocycles. The van der Waals surface area contributed by atoms with Crippen molar-refractivity contribution in [2.45, 2.75) is 38.5 Å². The molecule has 2 fully saturated rings. The standard InChI is InChI=1S/C15H21NO/c1-17-10-13-5-3-2-4-12(13)9-16-15-7-6-11-8-14(11)15/h2-5,11,14-16H,6-10H2,1H3/t11-,14+,15?/m0/s1. The second kappa shape index (κ2) is 4.79. The zero-order chi connectivity index (χ0) is 11.7. The Morgan fingerprint density at radius 1 is 1.24 bits per heavy atom. The molecule has 92 valence electrons. The highest BCUT2D eigenvalue weighted by Gasteiger charge is 2.47. The molecule has 1 aromatic rings. The maximum atomic E-state index is 5.24. The molecule has 2 heteroatoms. The van der Waals surface area contributed by atoms with Gasteiger partial charge in [0.15, 0.2) is 0 Å². The molecule has 0 aliphatic heterocycles. The zero-order valence-electron chi connectivity index (χ0n) is 10.5. The second-order valence-corrected chi connectivity index (χ2v) is 5.43. The highest BCUT2D eigenvalue weighted by atomic mass is 16.5. The molecule has 3 rings (SSSR count). The third kappa shape index (κ3) is 2.38. The summed E-state index contributed by atoms with van der Waals surface area (Å²) in [5.74, 6) is 2.05. The maximum Gasteiger partial charge on any atom is 0.0716 e. The normalized spacial score (nSPS) is 30.3. The van der Waals surface area contributed by atoms with Crippen molar-refractivity contribution in [3.8, 4) is 0 Å². The van der Waals surface area contributed by atoms with Crippen LogP contribution in [0.15, 0.2) is 24.3 Å². The highest BCUT2D eigenvalue weighted by molar-refractivity contribution is 5.26. The monoisotopic (exact) mass is 231 g/mol. The van der Waals surface area contributed by atoms with Gasteiger partial charge >= 0.3 is 0 Å². The summed E-state index contributed by atoms with van der Waals surface area (Å²) in [6, 6.07) is 9.35. The van der Waals surface area contributed by atoms with E-state index in [0.29, 0.717) is 6.61 Å². The van der Waals surface area contributed by atoms with Gasteiger partial charge in [-0.1, -0.05) is 24.3 Å². The Hall–Kier alpha value is -0.860. The minimum atomic E-state index is 0.717. The molecule has 2 nitrogen and oxygen atoms in total. The molecule has 0 spiro atoms. The fourth-order valence-electron chi connectivity index (χ4n) is 3.22. The van der Waals surface area contributed by atoms with Crippen LogP contribution in [0.5, 0.6) is 0 Å². The number of benzene rings is 1. The number of nitrogens with one attached hydrogen (secondary N) is 1. The Balaban J connectivity index is 1.60. The van der Waals surface area contributed by atoms with Gasteiger partial charge in [-0.15, -0.1) is 0 Å². The van der Waals surface area contributed by atoms with Crippen LogP contribution in [0.3, 0.4) is 0 Å². The average Bonchev–Trinajstić information content (AvgIpc) is 3.03. The highest BCUT2D eigenvalue weighted by Crippen LogP contribution is 2.51. The third-order valence-electron chi connectivity index (χ3n) is 4.32. The maximum absolute atomic E-state index is 5.24. The smallest absolute Gasteiger partial charge is 0.0716 e. The Morgan fingerprint density at radius 2 is 2.06 bits per heavy atom. The number of fused-ring (bicyclic) bond motifs is 1. The van der Waals surface area contributed by atoms with Crippen LogP contribution >= 0.6 is 0 Å². The van der Waals surface area contributed by atoms with Crippen molar-refractivity contribution in [1.29, 1.82) is 0 Å². The molecular formula is C15H21NO.